The van der Waals surface area contributed by atoms with Gasteiger partial charge in [-0.2, -0.15) is 0 Å². The second-order valence-corrected chi connectivity index (χ2v) is 5.39. The van der Waals surface area contributed by atoms with Gasteiger partial charge in [-0.3, -0.25) is 4.90 Å². The van der Waals surface area contributed by atoms with Crippen LogP contribution in [0.2, 0.25) is 0 Å². The van der Waals surface area contributed by atoms with Crippen LogP contribution in [0.5, 0.6) is 0 Å². The van der Waals surface area contributed by atoms with E-state index in [-0.39, 0.29) is 0 Å². The van der Waals surface area contributed by atoms with Crippen LogP contribution in [-0.4, -0.2) is 36.4 Å². The zero-order valence-electron chi connectivity index (χ0n) is 12.3. The van der Waals surface area contributed by atoms with Crippen LogP contribution < -0.4 is 0 Å². The van der Waals surface area contributed by atoms with E-state index in [1.54, 1.807) is 0 Å². The summed E-state index contributed by atoms with van der Waals surface area (Å²) in [6.07, 6.45) is 0. The lowest BCUT2D eigenvalue weighted by Crippen LogP contribution is -2.33. The zero-order valence-corrected chi connectivity index (χ0v) is 12.3. The van der Waals surface area contributed by atoms with Gasteiger partial charge in [0.15, 0.2) is 0 Å². The summed E-state index contributed by atoms with van der Waals surface area (Å²) in [5, 5.41) is 16.6. The van der Waals surface area contributed by atoms with Gasteiger partial charge in [0, 0.05) is 18.7 Å². The molecule has 4 rings (SSSR count). The van der Waals surface area contributed by atoms with Crippen molar-refractivity contribution >= 4 is 0 Å². The molecule has 0 saturated carbocycles. The quantitative estimate of drug-likeness (QED) is 0.732. The molecule has 7 nitrogen and oxygen atoms in total. The second-order valence-electron chi connectivity index (χ2n) is 5.39. The monoisotopic (exact) mass is 296 g/mol. The number of aryl methyl sites for hydroxylation is 1. The minimum absolute atomic E-state index is 0.562. The van der Waals surface area contributed by atoms with Gasteiger partial charge in [0.25, 0.3) is 0 Å². The van der Waals surface area contributed by atoms with Gasteiger partial charge in [-0.25, -0.2) is 0 Å². The molecule has 1 aromatic carbocycles. The molecular formula is C15H16N6O. The highest BCUT2D eigenvalue weighted by molar-refractivity contribution is 5.51. The van der Waals surface area contributed by atoms with Crippen LogP contribution in [0, 0.1) is 6.92 Å². The van der Waals surface area contributed by atoms with Crippen LogP contribution in [0.4, 0.5) is 0 Å². The molecule has 1 aliphatic rings. The number of benzene rings is 1. The van der Waals surface area contributed by atoms with E-state index >= 15 is 0 Å². The summed E-state index contributed by atoms with van der Waals surface area (Å²) in [4.78, 5) is 2.24. The lowest BCUT2D eigenvalue weighted by Gasteiger charge is -2.25. The molecule has 0 aliphatic carbocycles. The topological polar surface area (TPSA) is 72.9 Å². The summed E-state index contributed by atoms with van der Waals surface area (Å²) >= 11 is 0. The van der Waals surface area contributed by atoms with Crippen molar-refractivity contribution in [1.82, 2.24) is 29.9 Å². The molecule has 0 N–H and O–H groups in total. The first kappa shape index (κ1) is 13.1. The summed E-state index contributed by atoms with van der Waals surface area (Å²) in [5.41, 5.74) is 0.940. The largest absolute Gasteiger partial charge is 0.419 e. The van der Waals surface area contributed by atoms with Crippen molar-refractivity contribution in [3.63, 3.8) is 0 Å². The fraction of sp³-hybridized carbons (Fsp3) is 0.333. The first-order chi connectivity index (χ1) is 10.8. The number of rotatable bonds is 3. The predicted octanol–water partition coefficient (Wildman–Crippen LogP) is 1.65. The van der Waals surface area contributed by atoms with Crippen LogP contribution in [0.1, 0.15) is 17.5 Å². The number of hydrogen-bond donors (Lipinski definition) is 0. The van der Waals surface area contributed by atoms with Gasteiger partial charge in [0.2, 0.25) is 11.8 Å². The molecule has 22 heavy (non-hydrogen) atoms. The maximum atomic E-state index is 5.76. The summed E-state index contributed by atoms with van der Waals surface area (Å²) < 4.78 is 7.91. The molecule has 0 spiro atoms. The molecule has 0 saturated heterocycles. The molecule has 0 atom stereocenters. The molecule has 7 heteroatoms. The van der Waals surface area contributed by atoms with Crippen molar-refractivity contribution in [3.8, 4) is 11.5 Å². The van der Waals surface area contributed by atoms with E-state index in [1.807, 2.05) is 37.3 Å². The Morgan fingerprint density at radius 1 is 1.05 bits per heavy atom. The molecular weight excluding hydrogens is 280 g/mol. The van der Waals surface area contributed by atoms with Crippen LogP contribution in [0.25, 0.3) is 11.5 Å². The van der Waals surface area contributed by atoms with Gasteiger partial charge in [-0.15, -0.1) is 20.4 Å². The molecule has 3 aromatic rings. The molecule has 112 valence electrons. The van der Waals surface area contributed by atoms with E-state index < -0.39 is 0 Å². The van der Waals surface area contributed by atoms with Gasteiger partial charge in [0.1, 0.15) is 11.6 Å². The van der Waals surface area contributed by atoms with Gasteiger partial charge in [0.05, 0.1) is 13.1 Å². The third-order valence-corrected chi connectivity index (χ3v) is 3.86. The smallest absolute Gasteiger partial charge is 0.247 e. The Labute approximate surface area is 127 Å². The van der Waals surface area contributed by atoms with Crippen molar-refractivity contribution in [2.24, 2.45) is 0 Å². The number of nitrogens with zero attached hydrogens (tertiary/aromatic N) is 6. The lowest BCUT2D eigenvalue weighted by molar-refractivity contribution is 0.190. The highest BCUT2D eigenvalue weighted by Crippen LogP contribution is 2.19. The van der Waals surface area contributed by atoms with E-state index in [0.29, 0.717) is 18.3 Å². The molecule has 0 fully saturated rings. The van der Waals surface area contributed by atoms with Crippen molar-refractivity contribution in [2.45, 2.75) is 26.6 Å². The first-order valence-corrected chi connectivity index (χ1v) is 7.28. The average Bonchev–Trinajstić information content (AvgIpc) is 3.16. The predicted molar refractivity (Wildman–Crippen MR) is 78.6 cm³/mol. The molecule has 0 amide bonds. The SMILES string of the molecule is Cc1nnc2n1CCN(Cc1nnc(-c3ccccc3)o1)C2. The molecule has 0 radical (unpaired) electrons. The van der Waals surface area contributed by atoms with E-state index in [1.165, 1.54) is 0 Å². The van der Waals surface area contributed by atoms with E-state index in [2.05, 4.69) is 29.9 Å². The third kappa shape index (κ3) is 2.39. The Kier molecular flexibility index (Phi) is 3.19. The minimum atomic E-state index is 0.562. The Bertz CT molecular complexity index is 778. The van der Waals surface area contributed by atoms with Crippen LogP contribution >= 0.6 is 0 Å². The summed E-state index contributed by atoms with van der Waals surface area (Å²) in [7, 11) is 0. The third-order valence-electron chi connectivity index (χ3n) is 3.86. The molecule has 1 aliphatic heterocycles. The lowest BCUT2D eigenvalue weighted by atomic mass is 10.2. The van der Waals surface area contributed by atoms with Crippen molar-refractivity contribution in [2.75, 3.05) is 6.54 Å². The Morgan fingerprint density at radius 2 is 1.91 bits per heavy atom. The fourth-order valence-electron chi connectivity index (χ4n) is 2.69. The Hall–Kier alpha value is -2.54. The molecule has 3 heterocycles. The van der Waals surface area contributed by atoms with Gasteiger partial charge in [-0.05, 0) is 19.1 Å². The fourth-order valence-corrected chi connectivity index (χ4v) is 2.69. The Balaban J connectivity index is 1.48. The maximum absolute atomic E-state index is 5.76. The van der Waals surface area contributed by atoms with Gasteiger partial charge < -0.3 is 8.98 Å². The summed E-state index contributed by atoms with van der Waals surface area (Å²) in [6.45, 7) is 5.19. The van der Waals surface area contributed by atoms with E-state index in [0.717, 1.165) is 36.8 Å². The minimum Gasteiger partial charge on any atom is -0.419 e. The van der Waals surface area contributed by atoms with E-state index in [9.17, 15) is 0 Å². The van der Waals surface area contributed by atoms with Crippen molar-refractivity contribution in [3.05, 3.63) is 47.9 Å². The number of fused-ring (bicyclic) bond motifs is 1. The standard InChI is InChI=1S/C15H16N6O/c1-11-16-17-13-9-20(7-8-21(11)13)10-14-18-19-15(22-14)12-5-3-2-4-6-12/h2-6H,7-10H2,1H3. The van der Waals surface area contributed by atoms with Gasteiger partial charge in [-0.1, -0.05) is 18.2 Å². The first-order valence-electron chi connectivity index (χ1n) is 7.28. The normalized spacial score (nSPS) is 15.0. The van der Waals surface area contributed by atoms with Crippen molar-refractivity contribution < 1.29 is 4.42 Å². The molecule has 0 bridgehead atoms. The zero-order chi connectivity index (χ0) is 14.9. The van der Waals surface area contributed by atoms with Crippen LogP contribution in [0.3, 0.4) is 0 Å². The van der Waals surface area contributed by atoms with Crippen molar-refractivity contribution in [1.29, 1.82) is 0 Å². The summed E-state index contributed by atoms with van der Waals surface area (Å²) in [6, 6.07) is 9.80. The van der Waals surface area contributed by atoms with Crippen LogP contribution in [-0.2, 0) is 19.6 Å². The molecule has 2 aromatic heterocycles. The summed E-state index contributed by atoms with van der Waals surface area (Å²) in [5.74, 6) is 3.15. The van der Waals surface area contributed by atoms with Gasteiger partial charge >= 0.3 is 0 Å². The highest BCUT2D eigenvalue weighted by Gasteiger charge is 2.21. The number of hydrogen-bond acceptors (Lipinski definition) is 6. The molecule has 0 unspecified atom stereocenters. The highest BCUT2D eigenvalue weighted by atomic mass is 16.4. The average molecular weight is 296 g/mol. The van der Waals surface area contributed by atoms with Crippen LogP contribution in [0.15, 0.2) is 34.7 Å². The van der Waals surface area contributed by atoms with E-state index in [4.69, 9.17) is 4.42 Å². The Morgan fingerprint density at radius 3 is 2.77 bits per heavy atom. The maximum Gasteiger partial charge on any atom is 0.247 e. The second kappa shape index (κ2) is 5.34. The number of aromatic nitrogens is 5.